The van der Waals surface area contributed by atoms with Crippen molar-refractivity contribution in [2.24, 2.45) is 0 Å². The largest absolute Gasteiger partial charge is 0.439 e. The molecule has 3 rings (SSSR count). The summed E-state index contributed by atoms with van der Waals surface area (Å²) in [5.74, 6) is 0.163. The maximum absolute atomic E-state index is 13.1. The molecule has 2 heterocycles. The molecule has 1 atom stereocenters. The second kappa shape index (κ2) is 7.52. The number of hydrogen-bond acceptors (Lipinski definition) is 5. The molecule has 0 spiro atoms. The van der Waals surface area contributed by atoms with Gasteiger partial charge < -0.3 is 10.1 Å². The van der Waals surface area contributed by atoms with Crippen molar-refractivity contribution >= 4 is 5.91 Å². The van der Waals surface area contributed by atoms with Crippen molar-refractivity contribution < 1.29 is 13.9 Å². The summed E-state index contributed by atoms with van der Waals surface area (Å²) >= 11 is 0. The molecule has 0 aliphatic heterocycles. The van der Waals surface area contributed by atoms with Crippen LogP contribution in [-0.4, -0.2) is 25.7 Å². The highest BCUT2D eigenvalue weighted by Crippen LogP contribution is 2.20. The highest BCUT2D eigenvalue weighted by atomic mass is 19.1. The molecule has 0 aliphatic carbocycles. The molecule has 0 saturated heterocycles. The van der Waals surface area contributed by atoms with Crippen LogP contribution in [0.2, 0.25) is 0 Å². The fourth-order valence-corrected chi connectivity index (χ4v) is 2.10. The van der Waals surface area contributed by atoms with Gasteiger partial charge in [0.25, 0.3) is 0 Å². The number of ether oxygens (including phenoxy) is 1. The molecule has 2 aromatic heterocycles. The van der Waals surface area contributed by atoms with Crippen molar-refractivity contribution in [3.8, 4) is 11.6 Å². The number of halogens is 1. The minimum Gasteiger partial charge on any atom is -0.439 e. The summed E-state index contributed by atoms with van der Waals surface area (Å²) in [6.45, 7) is 2.06. The Balaban J connectivity index is 1.55. The third-order valence-electron chi connectivity index (χ3n) is 3.50. The number of nitrogens with one attached hydrogen (secondary N) is 1. The van der Waals surface area contributed by atoms with E-state index in [1.54, 1.807) is 37.4 Å². The van der Waals surface area contributed by atoms with Gasteiger partial charge in [0.15, 0.2) is 0 Å². The van der Waals surface area contributed by atoms with Gasteiger partial charge in [0.05, 0.1) is 0 Å². The Morgan fingerprint density at radius 2 is 2.24 bits per heavy atom. The van der Waals surface area contributed by atoms with Crippen LogP contribution in [0.1, 0.15) is 18.5 Å². The lowest BCUT2D eigenvalue weighted by molar-refractivity contribution is -0.124. The van der Waals surface area contributed by atoms with E-state index in [9.17, 15) is 9.18 Å². The Morgan fingerprint density at radius 3 is 2.92 bits per heavy atom. The van der Waals surface area contributed by atoms with Gasteiger partial charge in [-0.2, -0.15) is 5.10 Å². The lowest BCUT2D eigenvalue weighted by Gasteiger charge is -2.12. The van der Waals surface area contributed by atoms with E-state index in [2.05, 4.69) is 20.4 Å². The Bertz CT molecular complexity index is 837. The summed E-state index contributed by atoms with van der Waals surface area (Å²) < 4.78 is 20.1. The first-order valence-corrected chi connectivity index (χ1v) is 7.62. The molecule has 0 saturated carbocycles. The summed E-state index contributed by atoms with van der Waals surface area (Å²) in [5, 5.41) is 6.74. The number of nitrogens with zero attached hydrogens (tertiary/aromatic N) is 4. The molecule has 25 heavy (non-hydrogen) atoms. The number of hydrogen-bond donors (Lipinski definition) is 1. The predicted octanol–water partition coefficient (Wildman–Crippen LogP) is 2.48. The quantitative estimate of drug-likeness (QED) is 0.745. The van der Waals surface area contributed by atoms with E-state index in [4.69, 9.17) is 4.74 Å². The standard InChI is InChI=1S/C17H16FN5O2/c1-12(23-11-19-10-22-23)17(24)21-9-13-5-6-16(20-8-13)25-15-4-2-3-14(18)7-15/h2-8,10-12H,9H2,1H3,(H,21,24). The molecule has 1 N–H and O–H groups in total. The lowest BCUT2D eigenvalue weighted by atomic mass is 10.2. The van der Waals surface area contributed by atoms with Gasteiger partial charge in [0.2, 0.25) is 11.8 Å². The topological polar surface area (TPSA) is 81.9 Å². The molecule has 0 bridgehead atoms. The second-order valence-electron chi connectivity index (χ2n) is 5.33. The van der Waals surface area contributed by atoms with Crippen LogP contribution >= 0.6 is 0 Å². The monoisotopic (exact) mass is 341 g/mol. The van der Waals surface area contributed by atoms with E-state index in [1.807, 2.05) is 0 Å². The molecule has 0 aliphatic rings. The van der Waals surface area contributed by atoms with Gasteiger partial charge in [-0.1, -0.05) is 12.1 Å². The van der Waals surface area contributed by atoms with E-state index in [-0.39, 0.29) is 11.7 Å². The van der Waals surface area contributed by atoms with Crippen molar-refractivity contribution in [3.05, 3.63) is 66.6 Å². The van der Waals surface area contributed by atoms with Gasteiger partial charge in [0.1, 0.15) is 30.3 Å². The first kappa shape index (κ1) is 16.6. The SMILES string of the molecule is CC(C(=O)NCc1ccc(Oc2cccc(F)c2)nc1)n1cncn1. The van der Waals surface area contributed by atoms with Crippen molar-refractivity contribution in [1.29, 1.82) is 0 Å². The van der Waals surface area contributed by atoms with Gasteiger partial charge in [-0.25, -0.2) is 19.0 Å². The van der Waals surface area contributed by atoms with Gasteiger partial charge in [0, 0.05) is 24.9 Å². The highest BCUT2D eigenvalue weighted by molar-refractivity contribution is 5.79. The van der Waals surface area contributed by atoms with Crippen LogP contribution in [0.3, 0.4) is 0 Å². The Morgan fingerprint density at radius 1 is 1.36 bits per heavy atom. The smallest absolute Gasteiger partial charge is 0.244 e. The zero-order valence-corrected chi connectivity index (χ0v) is 13.5. The van der Waals surface area contributed by atoms with E-state index in [0.717, 1.165) is 5.56 Å². The van der Waals surface area contributed by atoms with Crippen LogP contribution < -0.4 is 10.1 Å². The Kier molecular flexibility index (Phi) is 4.98. The van der Waals surface area contributed by atoms with Crippen LogP contribution in [-0.2, 0) is 11.3 Å². The summed E-state index contributed by atoms with van der Waals surface area (Å²) in [6.07, 6.45) is 4.46. The van der Waals surface area contributed by atoms with Gasteiger partial charge >= 0.3 is 0 Å². The van der Waals surface area contributed by atoms with Gasteiger partial charge in [-0.3, -0.25) is 4.79 Å². The van der Waals surface area contributed by atoms with E-state index >= 15 is 0 Å². The number of benzene rings is 1. The van der Waals surface area contributed by atoms with Crippen LogP contribution in [0.25, 0.3) is 0 Å². The van der Waals surface area contributed by atoms with E-state index in [1.165, 1.54) is 29.5 Å². The average Bonchev–Trinajstić information content (AvgIpc) is 3.15. The van der Waals surface area contributed by atoms with Crippen LogP contribution in [0.5, 0.6) is 11.6 Å². The molecular formula is C17H16FN5O2. The normalized spacial score (nSPS) is 11.8. The number of aromatic nitrogens is 4. The molecule has 7 nitrogen and oxygen atoms in total. The molecule has 0 fully saturated rings. The van der Waals surface area contributed by atoms with Gasteiger partial charge in [-0.15, -0.1) is 0 Å². The molecule has 1 aromatic carbocycles. The molecule has 1 unspecified atom stereocenters. The molecule has 8 heteroatoms. The molecule has 128 valence electrons. The van der Waals surface area contributed by atoms with E-state index in [0.29, 0.717) is 18.2 Å². The fourth-order valence-electron chi connectivity index (χ4n) is 2.10. The van der Waals surface area contributed by atoms with Gasteiger partial charge in [-0.05, 0) is 24.6 Å². The summed E-state index contributed by atoms with van der Waals surface area (Å²) in [6, 6.07) is 8.81. The third-order valence-corrected chi connectivity index (χ3v) is 3.50. The number of carbonyl (C=O) groups is 1. The number of amides is 1. The third kappa shape index (κ3) is 4.37. The Hall–Kier alpha value is -3.29. The van der Waals surface area contributed by atoms with Crippen molar-refractivity contribution in [2.75, 3.05) is 0 Å². The zero-order valence-electron chi connectivity index (χ0n) is 13.5. The van der Waals surface area contributed by atoms with Crippen LogP contribution in [0.4, 0.5) is 4.39 Å². The van der Waals surface area contributed by atoms with Crippen molar-refractivity contribution in [2.45, 2.75) is 19.5 Å². The highest BCUT2D eigenvalue weighted by Gasteiger charge is 2.14. The van der Waals surface area contributed by atoms with E-state index < -0.39 is 6.04 Å². The summed E-state index contributed by atoms with van der Waals surface area (Å²) in [5.41, 5.74) is 0.811. The maximum atomic E-state index is 13.1. The minimum absolute atomic E-state index is 0.175. The summed E-state index contributed by atoms with van der Waals surface area (Å²) in [4.78, 5) is 20.0. The average molecular weight is 341 g/mol. The second-order valence-corrected chi connectivity index (χ2v) is 5.33. The maximum Gasteiger partial charge on any atom is 0.244 e. The van der Waals surface area contributed by atoms with Crippen molar-refractivity contribution in [1.82, 2.24) is 25.1 Å². The predicted molar refractivity (Wildman–Crippen MR) is 87.3 cm³/mol. The summed E-state index contributed by atoms with van der Waals surface area (Å²) in [7, 11) is 0. The fraction of sp³-hybridized carbons (Fsp3) is 0.176. The molecule has 0 radical (unpaired) electrons. The first-order chi connectivity index (χ1) is 12.1. The number of pyridine rings is 1. The molecule has 1 amide bonds. The zero-order chi connectivity index (χ0) is 17.6. The van der Waals surface area contributed by atoms with Crippen LogP contribution in [0.15, 0.2) is 55.2 Å². The number of rotatable bonds is 6. The molecular weight excluding hydrogens is 325 g/mol. The van der Waals surface area contributed by atoms with Crippen LogP contribution in [0, 0.1) is 5.82 Å². The molecule has 3 aromatic rings. The lowest BCUT2D eigenvalue weighted by Crippen LogP contribution is -2.30. The number of carbonyl (C=O) groups excluding carboxylic acids is 1. The minimum atomic E-state index is -0.453. The van der Waals surface area contributed by atoms with Crippen molar-refractivity contribution in [3.63, 3.8) is 0 Å². The Labute approximate surface area is 143 Å². The first-order valence-electron chi connectivity index (χ1n) is 7.62.